The third kappa shape index (κ3) is 2.11. The maximum atomic E-state index is 11.2. The Bertz CT molecular complexity index is 236. The lowest BCUT2D eigenvalue weighted by atomic mass is 10.1. The SMILES string of the molecule is CNCC(=O)C1=CC=[C+]C=C1. The van der Waals surface area contributed by atoms with Gasteiger partial charge in [-0.05, 0) is 7.05 Å². The van der Waals surface area contributed by atoms with Crippen LogP contribution >= 0.6 is 0 Å². The average molecular weight is 148 g/mol. The summed E-state index contributed by atoms with van der Waals surface area (Å²) in [5, 5.41) is 2.81. The van der Waals surface area contributed by atoms with Crippen molar-refractivity contribution in [1.82, 2.24) is 5.32 Å². The quantitative estimate of drug-likeness (QED) is 0.595. The molecule has 0 aromatic carbocycles. The number of hydrogen-bond acceptors (Lipinski definition) is 2. The number of allylic oxidation sites excluding steroid dienone is 5. The van der Waals surface area contributed by atoms with E-state index in [9.17, 15) is 4.79 Å². The van der Waals surface area contributed by atoms with E-state index in [0.29, 0.717) is 6.54 Å². The van der Waals surface area contributed by atoms with Gasteiger partial charge in [-0.15, -0.1) is 0 Å². The van der Waals surface area contributed by atoms with Gasteiger partial charge in [-0.2, -0.15) is 0 Å². The minimum atomic E-state index is 0.113. The predicted molar refractivity (Wildman–Crippen MR) is 44.0 cm³/mol. The lowest BCUT2D eigenvalue weighted by Gasteiger charge is -1.94. The van der Waals surface area contributed by atoms with Gasteiger partial charge in [0.1, 0.15) is 17.7 Å². The molecule has 0 amide bonds. The van der Waals surface area contributed by atoms with E-state index in [-0.39, 0.29) is 5.78 Å². The number of Topliss-reactive ketones (excluding diaryl/α,β-unsaturated/α-hetero) is 1. The van der Waals surface area contributed by atoms with Crippen molar-refractivity contribution in [2.24, 2.45) is 0 Å². The Hall–Kier alpha value is -1.24. The van der Waals surface area contributed by atoms with Crippen LogP contribution in [-0.2, 0) is 4.79 Å². The third-order valence-corrected chi connectivity index (χ3v) is 1.38. The highest BCUT2D eigenvalue weighted by Gasteiger charge is 2.10. The summed E-state index contributed by atoms with van der Waals surface area (Å²) in [6, 6.07) is 0. The molecule has 56 valence electrons. The first-order valence-electron chi connectivity index (χ1n) is 3.48. The molecule has 0 fully saturated rings. The molecule has 11 heavy (non-hydrogen) atoms. The van der Waals surface area contributed by atoms with E-state index >= 15 is 0 Å². The normalized spacial score (nSPS) is 14.1. The van der Waals surface area contributed by atoms with E-state index in [1.807, 2.05) is 0 Å². The van der Waals surface area contributed by atoms with Crippen molar-refractivity contribution in [2.75, 3.05) is 13.6 Å². The summed E-state index contributed by atoms with van der Waals surface area (Å²) in [6.07, 6.45) is 9.86. The molecular formula is C9H10NO+. The summed E-state index contributed by atoms with van der Waals surface area (Å²) in [7, 11) is 1.76. The molecule has 2 nitrogen and oxygen atoms in total. The topological polar surface area (TPSA) is 29.1 Å². The summed E-state index contributed by atoms with van der Waals surface area (Å²) in [5.74, 6) is 0.113. The Labute approximate surface area is 66.3 Å². The van der Waals surface area contributed by atoms with Crippen LogP contribution in [0.4, 0.5) is 0 Å². The van der Waals surface area contributed by atoms with E-state index in [1.165, 1.54) is 0 Å². The molecule has 1 aliphatic carbocycles. The Morgan fingerprint density at radius 1 is 1.73 bits per heavy atom. The van der Waals surface area contributed by atoms with Gasteiger partial charge in [-0.1, -0.05) is 0 Å². The highest BCUT2D eigenvalue weighted by molar-refractivity contribution is 5.99. The largest absolute Gasteiger partial charge is 0.313 e. The lowest BCUT2D eigenvalue weighted by molar-refractivity contribution is -0.114. The second kappa shape index (κ2) is 3.81. The monoisotopic (exact) mass is 148 g/mol. The Balaban J connectivity index is 2.61. The summed E-state index contributed by atoms with van der Waals surface area (Å²) in [5.41, 5.74) is 0.734. The molecule has 0 aromatic rings. The number of likely N-dealkylation sites (N-methyl/N-ethyl adjacent to an activating group) is 1. The molecule has 0 spiro atoms. The zero-order valence-corrected chi connectivity index (χ0v) is 6.42. The van der Waals surface area contributed by atoms with Crippen LogP contribution < -0.4 is 5.32 Å². The van der Waals surface area contributed by atoms with Gasteiger partial charge >= 0.3 is 0 Å². The maximum absolute atomic E-state index is 11.2. The lowest BCUT2D eigenvalue weighted by Crippen LogP contribution is -2.19. The highest BCUT2D eigenvalue weighted by Crippen LogP contribution is 2.03. The molecule has 0 aliphatic heterocycles. The van der Waals surface area contributed by atoms with E-state index < -0.39 is 0 Å². The van der Waals surface area contributed by atoms with E-state index in [4.69, 9.17) is 0 Å². The Morgan fingerprint density at radius 2 is 2.55 bits per heavy atom. The van der Waals surface area contributed by atoms with E-state index in [1.54, 1.807) is 31.4 Å². The van der Waals surface area contributed by atoms with Crippen molar-refractivity contribution in [3.05, 3.63) is 36.0 Å². The zero-order chi connectivity index (χ0) is 8.10. The molecule has 0 saturated carbocycles. The number of rotatable bonds is 3. The van der Waals surface area contributed by atoms with Crippen LogP contribution in [0, 0.1) is 6.08 Å². The second-order valence-electron chi connectivity index (χ2n) is 2.24. The van der Waals surface area contributed by atoms with Crippen molar-refractivity contribution in [3.8, 4) is 0 Å². The fourth-order valence-electron chi connectivity index (χ4n) is 0.835. The first-order chi connectivity index (χ1) is 5.34. The van der Waals surface area contributed by atoms with Gasteiger partial charge in [0.15, 0.2) is 0 Å². The number of ketones is 1. The molecule has 0 saturated heterocycles. The molecule has 0 atom stereocenters. The van der Waals surface area contributed by atoms with Crippen LogP contribution in [0.5, 0.6) is 0 Å². The van der Waals surface area contributed by atoms with Crippen molar-refractivity contribution < 1.29 is 4.79 Å². The van der Waals surface area contributed by atoms with Gasteiger partial charge < -0.3 is 5.32 Å². The fourth-order valence-corrected chi connectivity index (χ4v) is 0.835. The van der Waals surface area contributed by atoms with Gasteiger partial charge in [-0.25, -0.2) is 0 Å². The summed E-state index contributed by atoms with van der Waals surface area (Å²) >= 11 is 0. The van der Waals surface area contributed by atoms with Gasteiger partial charge in [0.2, 0.25) is 5.78 Å². The molecule has 0 bridgehead atoms. The fraction of sp³-hybridized carbons (Fsp3) is 0.222. The third-order valence-electron chi connectivity index (χ3n) is 1.38. The second-order valence-corrected chi connectivity index (χ2v) is 2.24. The predicted octanol–water partition coefficient (Wildman–Crippen LogP) is 0.630. The Morgan fingerprint density at radius 3 is 3.09 bits per heavy atom. The van der Waals surface area contributed by atoms with E-state index in [2.05, 4.69) is 11.4 Å². The molecule has 0 aromatic heterocycles. The van der Waals surface area contributed by atoms with Crippen LogP contribution in [0.25, 0.3) is 0 Å². The van der Waals surface area contributed by atoms with Gasteiger partial charge in [0.05, 0.1) is 18.7 Å². The van der Waals surface area contributed by atoms with Crippen molar-refractivity contribution in [2.45, 2.75) is 0 Å². The van der Waals surface area contributed by atoms with E-state index in [0.717, 1.165) is 5.57 Å². The maximum Gasteiger partial charge on any atom is 0.203 e. The summed E-state index contributed by atoms with van der Waals surface area (Å²) in [6.45, 7) is 0.393. The number of carbonyl (C=O) groups excluding carboxylic acids is 1. The van der Waals surface area contributed by atoms with Gasteiger partial charge in [0, 0.05) is 6.08 Å². The molecule has 1 N–H and O–H groups in total. The average Bonchev–Trinajstić information content (AvgIpc) is 2.07. The number of carbonyl (C=O) groups is 1. The smallest absolute Gasteiger partial charge is 0.203 e. The van der Waals surface area contributed by atoms with Crippen molar-refractivity contribution in [1.29, 1.82) is 0 Å². The minimum absolute atomic E-state index is 0.113. The minimum Gasteiger partial charge on any atom is -0.313 e. The van der Waals surface area contributed by atoms with Crippen LogP contribution in [0.1, 0.15) is 0 Å². The molecule has 0 unspecified atom stereocenters. The molecule has 1 aliphatic rings. The molecule has 0 heterocycles. The van der Waals surface area contributed by atoms with Crippen LogP contribution in [0.2, 0.25) is 0 Å². The van der Waals surface area contributed by atoms with Crippen LogP contribution in [-0.4, -0.2) is 19.4 Å². The van der Waals surface area contributed by atoms with Crippen molar-refractivity contribution >= 4 is 5.78 Å². The number of hydrogen-bond donors (Lipinski definition) is 1. The zero-order valence-electron chi connectivity index (χ0n) is 6.42. The molecule has 0 radical (unpaired) electrons. The summed E-state index contributed by atoms with van der Waals surface area (Å²) in [4.78, 5) is 11.2. The van der Waals surface area contributed by atoms with Crippen LogP contribution in [0.3, 0.4) is 0 Å². The number of nitrogens with one attached hydrogen (secondary N) is 1. The van der Waals surface area contributed by atoms with Crippen molar-refractivity contribution in [3.63, 3.8) is 0 Å². The molecular weight excluding hydrogens is 138 g/mol. The first kappa shape index (κ1) is 7.86. The highest BCUT2D eigenvalue weighted by atomic mass is 16.1. The van der Waals surface area contributed by atoms with Gasteiger partial charge in [0.25, 0.3) is 0 Å². The first-order valence-corrected chi connectivity index (χ1v) is 3.48. The Kier molecular flexibility index (Phi) is 2.73. The summed E-state index contributed by atoms with van der Waals surface area (Å²) < 4.78 is 0. The van der Waals surface area contributed by atoms with Crippen LogP contribution in [0.15, 0.2) is 29.9 Å². The molecule has 2 heteroatoms. The standard InChI is InChI=1S/C9H10NO/c1-10-7-9(11)8-5-3-2-4-6-8/h3-6,10H,7H2,1H3/q+1. The van der Waals surface area contributed by atoms with Gasteiger partial charge in [-0.3, -0.25) is 4.79 Å². The molecule has 1 rings (SSSR count).